The van der Waals surface area contributed by atoms with Gasteiger partial charge >= 0.3 is 0 Å². The molecule has 3 heteroatoms. The van der Waals surface area contributed by atoms with Crippen molar-refractivity contribution < 1.29 is 0 Å². The molecule has 2 aromatic rings. The van der Waals surface area contributed by atoms with Crippen molar-refractivity contribution >= 4 is 5.69 Å². The molecule has 3 rings (SSSR count). The highest BCUT2D eigenvalue weighted by atomic mass is 15.2. The molecule has 0 bridgehead atoms. The van der Waals surface area contributed by atoms with E-state index in [0.29, 0.717) is 0 Å². The lowest BCUT2D eigenvalue weighted by Gasteiger charge is -2.34. The van der Waals surface area contributed by atoms with Crippen molar-refractivity contribution in [2.75, 3.05) is 38.1 Å². The number of hydrogen-bond donors (Lipinski definition) is 0. The number of likely N-dealkylation sites (N-methyl/N-ethyl adjacent to an activating group) is 1. The van der Waals surface area contributed by atoms with Gasteiger partial charge in [-0.2, -0.15) is 0 Å². The average Bonchev–Trinajstić information content (AvgIpc) is 2.49. The molecular formula is C16H18N3. The summed E-state index contributed by atoms with van der Waals surface area (Å²) in [4.78, 5) is 8.88. The van der Waals surface area contributed by atoms with Gasteiger partial charge in [-0.1, -0.05) is 6.07 Å². The van der Waals surface area contributed by atoms with Gasteiger partial charge in [-0.3, -0.25) is 4.98 Å². The first-order chi connectivity index (χ1) is 9.33. The third kappa shape index (κ3) is 2.76. The molecule has 0 unspecified atom stereocenters. The zero-order valence-corrected chi connectivity index (χ0v) is 11.2. The second-order valence-corrected chi connectivity index (χ2v) is 4.99. The van der Waals surface area contributed by atoms with Gasteiger partial charge in [0.15, 0.2) is 0 Å². The molecular weight excluding hydrogens is 234 g/mol. The summed E-state index contributed by atoms with van der Waals surface area (Å²) in [5, 5.41) is 0. The minimum absolute atomic E-state index is 1.09. The lowest BCUT2D eigenvalue weighted by molar-refractivity contribution is 0.313. The van der Waals surface area contributed by atoms with Gasteiger partial charge in [-0.25, -0.2) is 0 Å². The van der Waals surface area contributed by atoms with E-state index in [0.717, 1.165) is 31.7 Å². The minimum Gasteiger partial charge on any atom is -0.369 e. The average molecular weight is 252 g/mol. The summed E-state index contributed by atoms with van der Waals surface area (Å²) in [6.45, 7) is 4.44. The van der Waals surface area contributed by atoms with E-state index in [2.05, 4.69) is 40.0 Å². The third-order valence-electron chi connectivity index (χ3n) is 3.64. The maximum Gasteiger partial charge on any atom is 0.0373 e. The van der Waals surface area contributed by atoms with E-state index in [9.17, 15) is 0 Å². The van der Waals surface area contributed by atoms with Crippen LogP contribution in [0, 0.1) is 6.07 Å². The summed E-state index contributed by atoms with van der Waals surface area (Å²) in [5.74, 6) is 0. The number of pyridine rings is 1. The predicted molar refractivity (Wildman–Crippen MR) is 78.2 cm³/mol. The Morgan fingerprint density at radius 2 is 1.79 bits per heavy atom. The number of benzene rings is 1. The maximum absolute atomic E-state index is 4.06. The summed E-state index contributed by atoms with van der Waals surface area (Å²) >= 11 is 0. The fourth-order valence-electron chi connectivity index (χ4n) is 2.41. The van der Waals surface area contributed by atoms with Crippen LogP contribution in [-0.2, 0) is 0 Å². The summed E-state index contributed by atoms with van der Waals surface area (Å²) in [6, 6.07) is 13.8. The highest BCUT2D eigenvalue weighted by molar-refractivity contribution is 5.67. The van der Waals surface area contributed by atoms with Gasteiger partial charge in [-0.15, -0.1) is 0 Å². The Labute approximate surface area is 114 Å². The number of hydrogen-bond acceptors (Lipinski definition) is 3. The molecule has 19 heavy (non-hydrogen) atoms. The van der Waals surface area contributed by atoms with Gasteiger partial charge in [-0.05, 0) is 48.5 Å². The number of piperazine rings is 1. The highest BCUT2D eigenvalue weighted by Crippen LogP contribution is 2.24. The summed E-state index contributed by atoms with van der Waals surface area (Å²) in [5.41, 5.74) is 3.60. The van der Waals surface area contributed by atoms with Crippen LogP contribution >= 0.6 is 0 Å². The predicted octanol–water partition coefficient (Wildman–Crippen LogP) is 2.30. The van der Waals surface area contributed by atoms with Crippen molar-refractivity contribution in [2.24, 2.45) is 0 Å². The zero-order valence-electron chi connectivity index (χ0n) is 11.2. The minimum atomic E-state index is 1.09. The van der Waals surface area contributed by atoms with E-state index < -0.39 is 0 Å². The van der Waals surface area contributed by atoms with E-state index in [4.69, 9.17) is 0 Å². The van der Waals surface area contributed by atoms with Crippen LogP contribution in [0.2, 0.25) is 0 Å². The van der Waals surface area contributed by atoms with Crippen LogP contribution in [0.4, 0.5) is 5.69 Å². The molecule has 97 valence electrons. The Bertz CT molecular complexity index is 531. The summed E-state index contributed by atoms with van der Waals surface area (Å²) in [7, 11) is 2.18. The third-order valence-corrected chi connectivity index (χ3v) is 3.64. The first-order valence-electron chi connectivity index (χ1n) is 6.68. The molecule has 0 atom stereocenters. The molecule has 2 heterocycles. The van der Waals surface area contributed by atoms with E-state index in [1.165, 1.54) is 11.3 Å². The second-order valence-electron chi connectivity index (χ2n) is 4.99. The normalized spacial score (nSPS) is 16.6. The van der Waals surface area contributed by atoms with Crippen LogP contribution in [0.3, 0.4) is 0 Å². The van der Waals surface area contributed by atoms with Crippen molar-refractivity contribution in [1.29, 1.82) is 0 Å². The van der Waals surface area contributed by atoms with Gasteiger partial charge < -0.3 is 9.80 Å². The van der Waals surface area contributed by atoms with Crippen LogP contribution in [0.1, 0.15) is 0 Å². The Hall–Kier alpha value is -1.87. The number of nitrogens with zero attached hydrogens (tertiary/aromatic N) is 3. The maximum atomic E-state index is 4.06. The lowest BCUT2D eigenvalue weighted by Crippen LogP contribution is -2.44. The summed E-state index contributed by atoms with van der Waals surface area (Å²) < 4.78 is 0. The van der Waals surface area contributed by atoms with Crippen LogP contribution in [0.5, 0.6) is 0 Å². The van der Waals surface area contributed by atoms with E-state index in [1.54, 1.807) is 0 Å². The largest absolute Gasteiger partial charge is 0.369 e. The van der Waals surface area contributed by atoms with Crippen LogP contribution in [0.25, 0.3) is 11.1 Å². The van der Waals surface area contributed by atoms with Crippen molar-refractivity contribution in [3.8, 4) is 11.1 Å². The molecule has 0 aliphatic carbocycles. The SMILES string of the molecule is CN1CCN(c2cc[c]c(-c3ccncc3)c2)CC1. The lowest BCUT2D eigenvalue weighted by atomic mass is 10.1. The fourth-order valence-corrected chi connectivity index (χ4v) is 2.41. The Balaban J connectivity index is 1.84. The zero-order chi connectivity index (χ0) is 13.1. The van der Waals surface area contributed by atoms with Crippen molar-refractivity contribution in [3.63, 3.8) is 0 Å². The van der Waals surface area contributed by atoms with E-state index in [-0.39, 0.29) is 0 Å². The molecule has 0 saturated carbocycles. The molecule has 0 amide bonds. The fraction of sp³-hybridized carbons (Fsp3) is 0.312. The van der Waals surface area contributed by atoms with E-state index in [1.807, 2.05) is 30.6 Å². The molecule has 1 radical (unpaired) electrons. The van der Waals surface area contributed by atoms with Gasteiger partial charge in [0, 0.05) is 44.3 Å². The molecule has 1 aromatic carbocycles. The molecule has 1 aliphatic rings. The highest BCUT2D eigenvalue weighted by Gasteiger charge is 2.14. The molecule has 1 saturated heterocycles. The second kappa shape index (κ2) is 5.41. The Morgan fingerprint density at radius 1 is 1.05 bits per heavy atom. The van der Waals surface area contributed by atoms with Gasteiger partial charge in [0.05, 0.1) is 0 Å². The quantitative estimate of drug-likeness (QED) is 0.817. The van der Waals surface area contributed by atoms with Crippen molar-refractivity contribution in [2.45, 2.75) is 0 Å². The van der Waals surface area contributed by atoms with Crippen LogP contribution in [-0.4, -0.2) is 43.1 Å². The Kier molecular flexibility index (Phi) is 3.47. The van der Waals surface area contributed by atoms with Crippen LogP contribution < -0.4 is 4.90 Å². The number of rotatable bonds is 2. The molecule has 1 fully saturated rings. The smallest absolute Gasteiger partial charge is 0.0373 e. The van der Waals surface area contributed by atoms with Gasteiger partial charge in [0.25, 0.3) is 0 Å². The van der Waals surface area contributed by atoms with Crippen molar-refractivity contribution in [1.82, 2.24) is 9.88 Å². The number of aromatic nitrogens is 1. The molecule has 0 spiro atoms. The van der Waals surface area contributed by atoms with E-state index >= 15 is 0 Å². The molecule has 1 aromatic heterocycles. The standard InChI is InChI=1S/C16H18N3/c1-18-9-11-19(12-10-18)16-4-2-3-15(13-16)14-5-7-17-8-6-14/h2,4-8,13H,9-12H2,1H3. The Morgan fingerprint density at radius 3 is 2.53 bits per heavy atom. The first-order valence-corrected chi connectivity index (χ1v) is 6.68. The molecule has 0 N–H and O–H groups in total. The van der Waals surface area contributed by atoms with Gasteiger partial charge in [0.2, 0.25) is 0 Å². The topological polar surface area (TPSA) is 19.4 Å². The van der Waals surface area contributed by atoms with Crippen LogP contribution in [0.15, 0.2) is 42.7 Å². The number of anilines is 1. The molecule has 1 aliphatic heterocycles. The first kappa shape index (κ1) is 12.2. The monoisotopic (exact) mass is 252 g/mol. The summed E-state index contributed by atoms with van der Waals surface area (Å²) in [6.07, 6.45) is 3.65. The molecule has 3 nitrogen and oxygen atoms in total. The van der Waals surface area contributed by atoms with Crippen molar-refractivity contribution in [3.05, 3.63) is 48.8 Å². The van der Waals surface area contributed by atoms with Gasteiger partial charge in [0.1, 0.15) is 0 Å².